The van der Waals surface area contributed by atoms with Gasteiger partial charge in [-0.25, -0.2) is 0 Å². The maximum atomic E-state index is 12.6. The predicted octanol–water partition coefficient (Wildman–Crippen LogP) is 2.29. The number of likely N-dealkylation sites (tertiary alicyclic amines) is 1. The molecule has 0 spiro atoms. The summed E-state index contributed by atoms with van der Waals surface area (Å²) in [4.78, 5) is 16.6. The van der Waals surface area contributed by atoms with Gasteiger partial charge in [-0.05, 0) is 50.4 Å². The third kappa shape index (κ3) is 5.48. The largest absolute Gasteiger partial charge is 0.396 e. The Morgan fingerprint density at radius 3 is 2.65 bits per heavy atom. The molecule has 0 unspecified atom stereocenters. The first-order valence-electron chi connectivity index (χ1n) is 8.26. The van der Waals surface area contributed by atoms with Crippen LogP contribution in [0.4, 0.5) is 0 Å². The minimum absolute atomic E-state index is 0.151. The number of aryl methyl sites for hydroxylation is 1. The van der Waals surface area contributed by atoms with E-state index >= 15 is 0 Å². The fraction of sp³-hybridized carbons (Fsp3) is 0.611. The highest BCUT2D eigenvalue weighted by molar-refractivity contribution is 6.31. The number of hydrogen-bond acceptors (Lipinski definition) is 3. The number of piperidine rings is 1. The van der Waals surface area contributed by atoms with Crippen LogP contribution in [0.1, 0.15) is 18.4 Å². The first kappa shape index (κ1) is 18.2. The number of rotatable bonds is 6. The topological polar surface area (TPSA) is 43.8 Å². The Bertz CT molecular complexity index is 521. The van der Waals surface area contributed by atoms with Gasteiger partial charge in [0.1, 0.15) is 0 Å². The molecule has 1 saturated heterocycles. The van der Waals surface area contributed by atoms with Crippen LogP contribution in [0.3, 0.4) is 0 Å². The lowest BCUT2D eigenvalue weighted by atomic mass is 9.89. The van der Waals surface area contributed by atoms with Crippen LogP contribution in [0.25, 0.3) is 0 Å². The van der Waals surface area contributed by atoms with E-state index in [1.807, 2.05) is 43.3 Å². The number of carbonyl (C=O) groups is 1. The van der Waals surface area contributed by atoms with Gasteiger partial charge in [-0.15, -0.1) is 0 Å². The third-order valence-electron chi connectivity index (χ3n) is 4.42. The van der Waals surface area contributed by atoms with E-state index in [-0.39, 0.29) is 18.4 Å². The smallest absolute Gasteiger partial charge is 0.222 e. The Kier molecular flexibility index (Phi) is 6.88. The Morgan fingerprint density at radius 2 is 2.00 bits per heavy atom. The average Bonchev–Trinajstić information content (AvgIpc) is 2.52. The van der Waals surface area contributed by atoms with E-state index in [9.17, 15) is 9.90 Å². The molecule has 0 saturated carbocycles. The van der Waals surface area contributed by atoms with Gasteiger partial charge in [0.15, 0.2) is 0 Å². The molecule has 1 aromatic carbocycles. The molecule has 1 aliphatic rings. The van der Waals surface area contributed by atoms with Crippen LogP contribution < -0.4 is 0 Å². The van der Waals surface area contributed by atoms with Gasteiger partial charge in [0, 0.05) is 37.7 Å². The zero-order valence-electron chi connectivity index (χ0n) is 14.0. The quantitative estimate of drug-likeness (QED) is 0.865. The fourth-order valence-electron chi connectivity index (χ4n) is 3.40. The molecule has 1 heterocycles. The fourth-order valence-corrected chi connectivity index (χ4v) is 3.63. The van der Waals surface area contributed by atoms with Crippen molar-refractivity contribution in [3.05, 3.63) is 34.9 Å². The molecule has 0 bridgehead atoms. The molecule has 2 rings (SSSR count). The van der Waals surface area contributed by atoms with Gasteiger partial charge in [0.25, 0.3) is 0 Å². The van der Waals surface area contributed by atoms with Gasteiger partial charge in [0.2, 0.25) is 5.91 Å². The summed E-state index contributed by atoms with van der Waals surface area (Å²) in [5, 5.41) is 10.2. The number of hydrogen-bond donors (Lipinski definition) is 1. The molecule has 5 heteroatoms. The van der Waals surface area contributed by atoms with Gasteiger partial charge in [-0.2, -0.15) is 0 Å². The number of aliphatic hydroxyl groups is 1. The summed E-state index contributed by atoms with van der Waals surface area (Å²) in [6, 6.07) is 7.67. The standard InChI is InChI=1S/C18H27ClN2O2/c1-20(2)10-14-9-15(13-22)12-21(11-14)18(23)8-7-16-5-3-4-6-17(16)19/h3-6,14-15,22H,7-13H2,1-2H3/t14-,15+/m1/s1. The average molecular weight is 339 g/mol. The molecule has 0 aliphatic carbocycles. The van der Waals surface area contributed by atoms with Crippen molar-refractivity contribution in [2.75, 3.05) is 40.3 Å². The zero-order valence-corrected chi connectivity index (χ0v) is 14.8. The molecule has 1 fully saturated rings. The van der Waals surface area contributed by atoms with Crippen LogP contribution in [0.5, 0.6) is 0 Å². The number of nitrogens with zero attached hydrogens (tertiary/aromatic N) is 2. The van der Waals surface area contributed by atoms with Crippen molar-refractivity contribution in [3.8, 4) is 0 Å². The van der Waals surface area contributed by atoms with Crippen LogP contribution in [-0.2, 0) is 11.2 Å². The Hall–Kier alpha value is -1.10. The number of carbonyl (C=O) groups excluding carboxylic acids is 1. The lowest BCUT2D eigenvalue weighted by Gasteiger charge is -2.38. The monoisotopic (exact) mass is 338 g/mol. The van der Waals surface area contributed by atoms with Crippen molar-refractivity contribution < 1.29 is 9.90 Å². The lowest BCUT2D eigenvalue weighted by Crippen LogP contribution is -2.47. The number of amides is 1. The lowest BCUT2D eigenvalue weighted by molar-refractivity contribution is -0.134. The van der Waals surface area contributed by atoms with Gasteiger partial charge < -0.3 is 14.9 Å². The predicted molar refractivity (Wildman–Crippen MR) is 93.6 cm³/mol. The van der Waals surface area contributed by atoms with Crippen molar-refractivity contribution in [1.29, 1.82) is 0 Å². The molecular formula is C18H27ClN2O2. The molecule has 1 aromatic rings. The van der Waals surface area contributed by atoms with E-state index in [0.717, 1.165) is 30.1 Å². The van der Waals surface area contributed by atoms with Crippen molar-refractivity contribution >= 4 is 17.5 Å². The first-order chi connectivity index (χ1) is 11.0. The van der Waals surface area contributed by atoms with E-state index in [2.05, 4.69) is 4.90 Å². The Balaban J connectivity index is 1.93. The van der Waals surface area contributed by atoms with Crippen molar-refractivity contribution in [1.82, 2.24) is 9.80 Å². The summed E-state index contributed by atoms with van der Waals surface area (Å²) in [7, 11) is 4.10. The van der Waals surface area contributed by atoms with Crippen LogP contribution in [0, 0.1) is 11.8 Å². The normalized spacial score (nSPS) is 21.7. The summed E-state index contributed by atoms with van der Waals surface area (Å²) in [5.74, 6) is 0.782. The van der Waals surface area contributed by atoms with E-state index < -0.39 is 0 Å². The molecule has 23 heavy (non-hydrogen) atoms. The Labute approximate surface area is 144 Å². The highest BCUT2D eigenvalue weighted by Crippen LogP contribution is 2.24. The van der Waals surface area contributed by atoms with Crippen molar-refractivity contribution in [2.45, 2.75) is 19.3 Å². The van der Waals surface area contributed by atoms with Crippen LogP contribution in [0.15, 0.2) is 24.3 Å². The van der Waals surface area contributed by atoms with E-state index in [1.54, 1.807) is 0 Å². The molecule has 1 aliphatic heterocycles. The van der Waals surface area contributed by atoms with E-state index in [1.165, 1.54) is 0 Å². The molecule has 2 atom stereocenters. The molecular weight excluding hydrogens is 312 g/mol. The molecule has 0 radical (unpaired) electrons. The first-order valence-corrected chi connectivity index (χ1v) is 8.64. The second-order valence-electron chi connectivity index (χ2n) is 6.80. The number of halogens is 1. The van der Waals surface area contributed by atoms with Crippen molar-refractivity contribution in [2.24, 2.45) is 11.8 Å². The van der Waals surface area contributed by atoms with Gasteiger partial charge in [-0.3, -0.25) is 4.79 Å². The molecule has 1 amide bonds. The maximum Gasteiger partial charge on any atom is 0.222 e. The van der Waals surface area contributed by atoms with Crippen molar-refractivity contribution in [3.63, 3.8) is 0 Å². The molecule has 4 nitrogen and oxygen atoms in total. The molecule has 128 valence electrons. The van der Waals surface area contributed by atoms with Gasteiger partial charge in [-0.1, -0.05) is 29.8 Å². The summed E-state index contributed by atoms with van der Waals surface area (Å²) in [5.41, 5.74) is 1.02. The van der Waals surface area contributed by atoms with Gasteiger partial charge in [0.05, 0.1) is 0 Å². The third-order valence-corrected chi connectivity index (χ3v) is 4.79. The van der Waals surface area contributed by atoms with Crippen LogP contribution in [-0.4, -0.2) is 61.2 Å². The minimum atomic E-state index is 0.151. The second-order valence-corrected chi connectivity index (χ2v) is 7.21. The maximum absolute atomic E-state index is 12.6. The number of aliphatic hydroxyl groups excluding tert-OH is 1. The zero-order chi connectivity index (χ0) is 16.8. The van der Waals surface area contributed by atoms with Crippen LogP contribution >= 0.6 is 11.6 Å². The van der Waals surface area contributed by atoms with Crippen LogP contribution in [0.2, 0.25) is 5.02 Å². The SMILES string of the molecule is CN(C)C[C@H]1C[C@H](CO)CN(C(=O)CCc2ccccc2Cl)C1. The summed E-state index contributed by atoms with van der Waals surface area (Å²) in [6.45, 7) is 2.56. The van der Waals surface area contributed by atoms with Gasteiger partial charge >= 0.3 is 0 Å². The molecule has 1 N–H and O–H groups in total. The highest BCUT2D eigenvalue weighted by atomic mass is 35.5. The Morgan fingerprint density at radius 1 is 1.30 bits per heavy atom. The highest BCUT2D eigenvalue weighted by Gasteiger charge is 2.29. The molecule has 0 aromatic heterocycles. The van der Waals surface area contributed by atoms with E-state index in [4.69, 9.17) is 11.6 Å². The number of benzene rings is 1. The van der Waals surface area contributed by atoms with E-state index in [0.29, 0.717) is 25.3 Å². The summed E-state index contributed by atoms with van der Waals surface area (Å²) in [6.07, 6.45) is 2.12. The second kappa shape index (κ2) is 8.67. The summed E-state index contributed by atoms with van der Waals surface area (Å²) < 4.78 is 0. The summed E-state index contributed by atoms with van der Waals surface area (Å²) >= 11 is 6.16. The minimum Gasteiger partial charge on any atom is -0.396 e.